The summed E-state index contributed by atoms with van der Waals surface area (Å²) in [6.45, 7) is 4.02. The summed E-state index contributed by atoms with van der Waals surface area (Å²) in [6, 6.07) is 5.93. The van der Waals surface area contributed by atoms with Crippen LogP contribution in [-0.2, 0) is 0 Å². The zero-order valence-corrected chi connectivity index (χ0v) is 9.98. The second-order valence-electron chi connectivity index (χ2n) is 5.07. The fourth-order valence-electron chi connectivity index (χ4n) is 2.35. The van der Waals surface area contributed by atoms with Gasteiger partial charge in [-0.15, -0.1) is 0 Å². The average molecular weight is 237 g/mol. The lowest BCUT2D eigenvalue weighted by atomic mass is 10.0. The zero-order chi connectivity index (χ0) is 12.6. The van der Waals surface area contributed by atoms with E-state index in [9.17, 15) is 14.3 Å². The first-order valence-electron chi connectivity index (χ1n) is 5.66. The lowest BCUT2D eigenvalue weighted by molar-refractivity contribution is 0.0636. The van der Waals surface area contributed by atoms with Crippen LogP contribution in [0.15, 0.2) is 24.3 Å². The molecule has 0 bridgehead atoms. The second-order valence-corrected chi connectivity index (χ2v) is 5.07. The molecule has 4 heteroatoms. The van der Waals surface area contributed by atoms with Crippen molar-refractivity contribution in [2.24, 2.45) is 0 Å². The number of likely N-dealkylation sites (tertiary alicyclic amines) is 1. The van der Waals surface area contributed by atoms with Crippen molar-refractivity contribution in [2.45, 2.75) is 31.9 Å². The quantitative estimate of drug-likeness (QED) is 0.809. The van der Waals surface area contributed by atoms with E-state index in [-0.39, 0.29) is 18.0 Å². The van der Waals surface area contributed by atoms with E-state index >= 15 is 0 Å². The van der Waals surface area contributed by atoms with Crippen molar-refractivity contribution in [2.75, 3.05) is 6.54 Å². The van der Waals surface area contributed by atoms with Gasteiger partial charge in [-0.1, -0.05) is 12.1 Å². The summed E-state index contributed by atoms with van der Waals surface area (Å²) in [5, 5.41) is 9.61. The molecule has 1 amide bonds. The molecular formula is C13H16FNO2. The third-order valence-electron chi connectivity index (χ3n) is 3.21. The van der Waals surface area contributed by atoms with Gasteiger partial charge in [-0.25, -0.2) is 4.39 Å². The third kappa shape index (κ3) is 2.17. The standard InChI is InChI=1S/C13H16FNO2/c1-13(2)7-9(16)8-15(13)12(17)10-5-3-4-6-11(10)14/h3-6,9,16H,7-8H2,1-2H3. The number of carbonyl (C=O) groups excluding carboxylic acids is 1. The smallest absolute Gasteiger partial charge is 0.257 e. The number of benzene rings is 1. The predicted molar refractivity (Wildman–Crippen MR) is 62.1 cm³/mol. The van der Waals surface area contributed by atoms with Crippen LogP contribution in [0.3, 0.4) is 0 Å². The number of hydrogen-bond acceptors (Lipinski definition) is 2. The second kappa shape index (κ2) is 4.11. The fraction of sp³-hybridized carbons (Fsp3) is 0.462. The highest BCUT2D eigenvalue weighted by molar-refractivity contribution is 5.95. The molecule has 1 aliphatic rings. The molecule has 1 N–H and O–H groups in total. The monoisotopic (exact) mass is 237 g/mol. The lowest BCUT2D eigenvalue weighted by Crippen LogP contribution is -2.43. The number of β-amino-alcohol motifs (C(OH)–C–C–N with tert-alkyl or cyclic N) is 1. The molecule has 1 fully saturated rings. The van der Waals surface area contributed by atoms with Gasteiger partial charge < -0.3 is 10.0 Å². The highest BCUT2D eigenvalue weighted by Crippen LogP contribution is 2.30. The topological polar surface area (TPSA) is 40.5 Å². The van der Waals surface area contributed by atoms with Crippen LogP contribution in [0.5, 0.6) is 0 Å². The van der Waals surface area contributed by atoms with Gasteiger partial charge >= 0.3 is 0 Å². The van der Waals surface area contributed by atoms with Gasteiger partial charge in [-0.3, -0.25) is 4.79 Å². The fourth-order valence-corrected chi connectivity index (χ4v) is 2.35. The van der Waals surface area contributed by atoms with Crippen LogP contribution in [0.1, 0.15) is 30.6 Å². The number of amides is 1. The lowest BCUT2D eigenvalue weighted by Gasteiger charge is -2.31. The maximum absolute atomic E-state index is 13.5. The summed E-state index contributed by atoms with van der Waals surface area (Å²) in [7, 11) is 0. The van der Waals surface area contributed by atoms with Crippen molar-refractivity contribution >= 4 is 5.91 Å². The number of aliphatic hydroxyl groups excluding tert-OH is 1. The van der Waals surface area contributed by atoms with Crippen molar-refractivity contribution in [1.82, 2.24) is 4.90 Å². The van der Waals surface area contributed by atoms with E-state index in [4.69, 9.17) is 0 Å². The Hall–Kier alpha value is -1.42. The molecule has 0 aromatic heterocycles. The highest BCUT2D eigenvalue weighted by Gasteiger charge is 2.41. The molecule has 1 aromatic carbocycles. The van der Waals surface area contributed by atoms with E-state index in [1.54, 1.807) is 12.1 Å². The Labute approximate surface area is 99.9 Å². The van der Waals surface area contributed by atoms with Crippen molar-refractivity contribution in [3.63, 3.8) is 0 Å². The minimum atomic E-state index is -0.527. The summed E-state index contributed by atoms with van der Waals surface area (Å²) >= 11 is 0. The molecule has 1 aliphatic heterocycles. The van der Waals surface area contributed by atoms with Crippen molar-refractivity contribution in [3.8, 4) is 0 Å². The minimum absolute atomic E-state index is 0.0645. The number of halogens is 1. The molecule has 0 spiro atoms. The van der Waals surface area contributed by atoms with Crippen LogP contribution in [0.25, 0.3) is 0 Å². The van der Waals surface area contributed by atoms with Crippen LogP contribution in [0.2, 0.25) is 0 Å². The number of hydrogen-bond donors (Lipinski definition) is 1. The molecule has 0 radical (unpaired) electrons. The molecule has 17 heavy (non-hydrogen) atoms. The van der Waals surface area contributed by atoms with E-state index in [1.165, 1.54) is 17.0 Å². The van der Waals surface area contributed by atoms with E-state index in [0.29, 0.717) is 6.42 Å². The number of nitrogens with zero attached hydrogens (tertiary/aromatic N) is 1. The predicted octanol–water partition coefficient (Wildman–Crippen LogP) is 1.81. The largest absolute Gasteiger partial charge is 0.391 e. The van der Waals surface area contributed by atoms with Gasteiger partial charge in [0.2, 0.25) is 0 Å². The van der Waals surface area contributed by atoms with Gasteiger partial charge in [0.05, 0.1) is 11.7 Å². The van der Waals surface area contributed by atoms with Crippen molar-refractivity contribution < 1.29 is 14.3 Å². The van der Waals surface area contributed by atoms with E-state index in [0.717, 1.165) is 0 Å². The van der Waals surface area contributed by atoms with E-state index in [1.807, 2.05) is 13.8 Å². The van der Waals surface area contributed by atoms with Gasteiger partial charge in [0, 0.05) is 12.1 Å². The van der Waals surface area contributed by atoms with Gasteiger partial charge in [0.15, 0.2) is 0 Å². The van der Waals surface area contributed by atoms with Crippen LogP contribution < -0.4 is 0 Å². The Bertz CT molecular complexity index is 445. The van der Waals surface area contributed by atoms with Crippen LogP contribution in [-0.4, -0.2) is 34.1 Å². The summed E-state index contributed by atoms with van der Waals surface area (Å²) in [5.41, 5.74) is -0.367. The molecule has 1 unspecified atom stereocenters. The maximum atomic E-state index is 13.5. The Morgan fingerprint density at radius 1 is 1.47 bits per heavy atom. The zero-order valence-electron chi connectivity index (χ0n) is 9.98. The first-order chi connectivity index (χ1) is 7.92. The van der Waals surface area contributed by atoms with Gasteiger partial charge in [-0.2, -0.15) is 0 Å². The number of carbonyl (C=O) groups is 1. The molecule has 1 aromatic rings. The first-order valence-corrected chi connectivity index (χ1v) is 5.66. The van der Waals surface area contributed by atoms with Crippen molar-refractivity contribution in [1.29, 1.82) is 0 Å². The van der Waals surface area contributed by atoms with Gasteiger partial charge in [0.1, 0.15) is 5.82 Å². The van der Waals surface area contributed by atoms with Crippen LogP contribution in [0, 0.1) is 5.82 Å². The van der Waals surface area contributed by atoms with Crippen LogP contribution >= 0.6 is 0 Å². The number of aliphatic hydroxyl groups is 1. The summed E-state index contributed by atoms with van der Waals surface area (Å²) in [6.07, 6.45) is -0.00608. The average Bonchev–Trinajstić information content (AvgIpc) is 2.51. The van der Waals surface area contributed by atoms with E-state index < -0.39 is 17.5 Å². The summed E-state index contributed by atoms with van der Waals surface area (Å²) < 4.78 is 13.5. The normalized spacial score (nSPS) is 22.8. The minimum Gasteiger partial charge on any atom is -0.391 e. The molecule has 2 rings (SSSR count). The molecular weight excluding hydrogens is 221 g/mol. The Balaban J connectivity index is 2.30. The maximum Gasteiger partial charge on any atom is 0.257 e. The molecule has 3 nitrogen and oxygen atoms in total. The van der Waals surface area contributed by atoms with E-state index in [2.05, 4.69) is 0 Å². The summed E-state index contributed by atoms with van der Waals surface area (Å²) in [4.78, 5) is 13.7. The Morgan fingerprint density at radius 2 is 2.12 bits per heavy atom. The summed E-state index contributed by atoms with van der Waals surface area (Å²) in [5.74, 6) is -0.876. The van der Waals surface area contributed by atoms with Gasteiger partial charge in [-0.05, 0) is 32.4 Å². The molecule has 0 aliphatic carbocycles. The SMILES string of the molecule is CC1(C)CC(O)CN1C(=O)c1ccccc1F. The Kier molecular flexibility index (Phi) is 2.91. The first kappa shape index (κ1) is 12.0. The third-order valence-corrected chi connectivity index (χ3v) is 3.21. The molecule has 1 atom stereocenters. The van der Waals surface area contributed by atoms with Crippen LogP contribution in [0.4, 0.5) is 4.39 Å². The molecule has 1 saturated heterocycles. The van der Waals surface area contributed by atoms with Crippen molar-refractivity contribution in [3.05, 3.63) is 35.6 Å². The van der Waals surface area contributed by atoms with Gasteiger partial charge in [0.25, 0.3) is 5.91 Å². The highest BCUT2D eigenvalue weighted by atomic mass is 19.1. The Morgan fingerprint density at radius 3 is 2.65 bits per heavy atom. The molecule has 0 saturated carbocycles. The number of rotatable bonds is 1. The molecule has 92 valence electrons. The molecule has 1 heterocycles.